The molecule has 0 atom stereocenters. The molecule has 0 saturated heterocycles. The number of ether oxygens (including phenoxy) is 1. The molecule has 0 saturated carbocycles. The molecule has 0 unspecified atom stereocenters. The molecule has 3 nitrogen and oxygen atoms in total. The van der Waals surface area contributed by atoms with Crippen LogP contribution in [0.4, 0.5) is 0 Å². The Morgan fingerprint density at radius 3 is 2.53 bits per heavy atom. The van der Waals surface area contributed by atoms with Gasteiger partial charge < -0.3 is 10.2 Å². The number of rotatable bonds is 6. The molecule has 0 aliphatic rings. The normalized spacial score (nSPS) is 10.5. The van der Waals surface area contributed by atoms with Crippen molar-refractivity contribution in [2.24, 2.45) is 0 Å². The summed E-state index contributed by atoms with van der Waals surface area (Å²) in [7, 11) is 0. The predicted octanol–water partition coefficient (Wildman–Crippen LogP) is 3.64. The molecule has 102 valence electrons. The molecule has 1 N–H and O–H groups in total. The van der Waals surface area contributed by atoms with E-state index in [4.69, 9.17) is 4.74 Å². The molecule has 3 heteroatoms. The van der Waals surface area contributed by atoms with Gasteiger partial charge in [0.1, 0.15) is 5.75 Å². The summed E-state index contributed by atoms with van der Waals surface area (Å²) in [5.74, 6) is 0.946. The van der Waals surface area contributed by atoms with Gasteiger partial charge in [0, 0.05) is 11.4 Å². The first kappa shape index (κ1) is 13.5. The first-order valence-electron chi connectivity index (χ1n) is 6.81. The second kappa shape index (κ2) is 6.32. The Morgan fingerprint density at radius 1 is 1.11 bits per heavy atom. The number of hydrogen-bond donors (Lipinski definition) is 1. The molecule has 0 radical (unpaired) electrons. The van der Waals surface area contributed by atoms with Crippen LogP contribution in [0.25, 0.3) is 0 Å². The first-order chi connectivity index (χ1) is 9.20. The largest absolute Gasteiger partial charge is 0.494 e. The Kier molecular flexibility index (Phi) is 4.50. The third-order valence-electron chi connectivity index (χ3n) is 3.08. The fourth-order valence-corrected chi connectivity index (χ4v) is 2.05. The SMILES string of the molecule is CCCOc1cccc(CNn2c(C)ccc2C)c1. The van der Waals surface area contributed by atoms with E-state index >= 15 is 0 Å². The summed E-state index contributed by atoms with van der Waals surface area (Å²) in [5, 5.41) is 0. The van der Waals surface area contributed by atoms with Crippen molar-refractivity contribution < 1.29 is 4.74 Å². The van der Waals surface area contributed by atoms with Gasteiger partial charge in [-0.3, -0.25) is 4.68 Å². The average Bonchev–Trinajstić information content (AvgIpc) is 2.74. The van der Waals surface area contributed by atoms with Crippen LogP contribution < -0.4 is 10.2 Å². The lowest BCUT2D eigenvalue weighted by molar-refractivity contribution is 0.317. The van der Waals surface area contributed by atoms with Crippen LogP contribution in [0.15, 0.2) is 36.4 Å². The number of hydrogen-bond acceptors (Lipinski definition) is 2. The summed E-state index contributed by atoms with van der Waals surface area (Å²) in [6.07, 6.45) is 1.03. The van der Waals surface area contributed by atoms with E-state index in [0.717, 1.165) is 25.3 Å². The Morgan fingerprint density at radius 2 is 1.84 bits per heavy atom. The third kappa shape index (κ3) is 3.53. The van der Waals surface area contributed by atoms with Crippen molar-refractivity contribution in [2.75, 3.05) is 12.0 Å². The maximum Gasteiger partial charge on any atom is 0.119 e. The quantitative estimate of drug-likeness (QED) is 0.856. The van der Waals surface area contributed by atoms with Gasteiger partial charge in [-0.15, -0.1) is 0 Å². The van der Waals surface area contributed by atoms with Gasteiger partial charge in [-0.25, -0.2) is 0 Å². The lowest BCUT2D eigenvalue weighted by atomic mass is 10.2. The van der Waals surface area contributed by atoms with Crippen LogP contribution in [0.5, 0.6) is 5.75 Å². The highest BCUT2D eigenvalue weighted by molar-refractivity contribution is 5.29. The molecular weight excluding hydrogens is 236 g/mol. The summed E-state index contributed by atoms with van der Waals surface area (Å²) in [6, 6.07) is 12.5. The van der Waals surface area contributed by atoms with Gasteiger partial charge in [-0.05, 0) is 50.1 Å². The minimum absolute atomic E-state index is 0.771. The van der Waals surface area contributed by atoms with Crippen LogP contribution in [-0.4, -0.2) is 11.3 Å². The van der Waals surface area contributed by atoms with E-state index < -0.39 is 0 Å². The zero-order chi connectivity index (χ0) is 13.7. The molecule has 2 rings (SSSR count). The smallest absolute Gasteiger partial charge is 0.119 e. The maximum atomic E-state index is 5.65. The van der Waals surface area contributed by atoms with Gasteiger partial charge in [0.15, 0.2) is 0 Å². The Labute approximate surface area is 115 Å². The Balaban J connectivity index is 1.99. The molecule has 0 aliphatic heterocycles. The minimum Gasteiger partial charge on any atom is -0.494 e. The number of benzene rings is 1. The molecular formula is C16H22N2O. The topological polar surface area (TPSA) is 26.2 Å². The summed E-state index contributed by atoms with van der Waals surface area (Å²) in [5.41, 5.74) is 7.08. The molecule has 19 heavy (non-hydrogen) atoms. The van der Waals surface area contributed by atoms with Gasteiger partial charge in [0.05, 0.1) is 13.2 Å². The Hall–Kier alpha value is -1.90. The van der Waals surface area contributed by atoms with Crippen LogP contribution in [0, 0.1) is 13.8 Å². The van der Waals surface area contributed by atoms with Crippen molar-refractivity contribution in [3.8, 4) is 5.75 Å². The van der Waals surface area contributed by atoms with E-state index in [-0.39, 0.29) is 0 Å². The maximum absolute atomic E-state index is 5.65. The van der Waals surface area contributed by atoms with E-state index in [1.807, 2.05) is 12.1 Å². The van der Waals surface area contributed by atoms with Crippen LogP contribution in [0.3, 0.4) is 0 Å². The number of aromatic nitrogens is 1. The molecule has 1 aromatic carbocycles. The molecule has 2 aromatic rings. The van der Waals surface area contributed by atoms with Crippen molar-refractivity contribution in [3.63, 3.8) is 0 Å². The van der Waals surface area contributed by atoms with Crippen molar-refractivity contribution in [1.82, 2.24) is 4.68 Å². The van der Waals surface area contributed by atoms with E-state index in [9.17, 15) is 0 Å². The highest BCUT2D eigenvalue weighted by Gasteiger charge is 2.01. The van der Waals surface area contributed by atoms with Crippen LogP contribution >= 0.6 is 0 Å². The van der Waals surface area contributed by atoms with Gasteiger partial charge in [-0.1, -0.05) is 19.1 Å². The fourth-order valence-electron chi connectivity index (χ4n) is 2.05. The average molecular weight is 258 g/mol. The summed E-state index contributed by atoms with van der Waals surface area (Å²) in [6.45, 7) is 7.87. The van der Waals surface area contributed by atoms with Crippen LogP contribution in [0.1, 0.15) is 30.3 Å². The van der Waals surface area contributed by atoms with E-state index in [1.54, 1.807) is 0 Å². The molecule has 0 spiro atoms. The highest BCUT2D eigenvalue weighted by Crippen LogP contribution is 2.14. The van der Waals surface area contributed by atoms with Crippen LogP contribution in [0.2, 0.25) is 0 Å². The second-order valence-electron chi connectivity index (χ2n) is 4.78. The van der Waals surface area contributed by atoms with Crippen molar-refractivity contribution >= 4 is 0 Å². The predicted molar refractivity (Wildman–Crippen MR) is 79.2 cm³/mol. The van der Waals surface area contributed by atoms with Gasteiger partial charge in [-0.2, -0.15) is 0 Å². The number of nitrogens with zero attached hydrogens (tertiary/aromatic N) is 1. The van der Waals surface area contributed by atoms with Gasteiger partial charge >= 0.3 is 0 Å². The van der Waals surface area contributed by atoms with Crippen molar-refractivity contribution in [1.29, 1.82) is 0 Å². The number of nitrogens with one attached hydrogen (secondary N) is 1. The first-order valence-corrected chi connectivity index (χ1v) is 6.81. The van der Waals surface area contributed by atoms with Crippen LogP contribution in [-0.2, 0) is 6.54 Å². The molecule has 0 bridgehead atoms. The summed E-state index contributed by atoms with van der Waals surface area (Å²) < 4.78 is 7.76. The number of aryl methyl sites for hydroxylation is 2. The third-order valence-corrected chi connectivity index (χ3v) is 3.08. The molecule has 0 fully saturated rings. The highest BCUT2D eigenvalue weighted by atomic mass is 16.5. The van der Waals surface area contributed by atoms with Crippen molar-refractivity contribution in [3.05, 3.63) is 53.3 Å². The van der Waals surface area contributed by atoms with E-state index in [2.05, 4.69) is 55.1 Å². The monoisotopic (exact) mass is 258 g/mol. The lowest BCUT2D eigenvalue weighted by Gasteiger charge is -2.13. The summed E-state index contributed by atoms with van der Waals surface area (Å²) in [4.78, 5) is 0. The molecule has 0 aliphatic carbocycles. The van der Waals surface area contributed by atoms with Crippen molar-refractivity contribution in [2.45, 2.75) is 33.7 Å². The lowest BCUT2D eigenvalue weighted by Crippen LogP contribution is -2.16. The molecule has 0 amide bonds. The zero-order valence-corrected chi connectivity index (χ0v) is 11.9. The van der Waals surface area contributed by atoms with E-state index in [1.165, 1.54) is 17.0 Å². The standard InChI is InChI=1S/C16H22N2O/c1-4-10-19-16-7-5-6-15(11-16)12-17-18-13(2)8-9-14(18)3/h5-9,11,17H,4,10,12H2,1-3H3. The summed E-state index contributed by atoms with van der Waals surface area (Å²) >= 11 is 0. The zero-order valence-electron chi connectivity index (χ0n) is 11.9. The minimum atomic E-state index is 0.771. The molecule has 1 aromatic heterocycles. The van der Waals surface area contributed by atoms with Gasteiger partial charge in [0.25, 0.3) is 0 Å². The molecule has 1 heterocycles. The fraction of sp³-hybridized carbons (Fsp3) is 0.375. The van der Waals surface area contributed by atoms with E-state index in [0.29, 0.717) is 0 Å². The van der Waals surface area contributed by atoms with Gasteiger partial charge in [0.2, 0.25) is 0 Å². The Bertz CT molecular complexity index is 512. The second-order valence-corrected chi connectivity index (χ2v) is 4.78.